The molecule has 0 aliphatic heterocycles. The van der Waals surface area contributed by atoms with Gasteiger partial charge in [-0.15, -0.1) is 0 Å². The molecule has 0 saturated carbocycles. The molecule has 9 nitrogen and oxygen atoms in total. The number of hydrogen-bond acceptors (Lipinski definition) is 7. The monoisotopic (exact) mass is 1240 g/mol. The maximum atomic E-state index is 12.9. The molecule has 1 N–H and O–H groups in total. The summed E-state index contributed by atoms with van der Waals surface area (Å²) in [5.74, 6) is -0.807. The Morgan fingerprint density at radius 1 is 0.352 bits per heavy atom. The minimum Gasteiger partial charge on any atom is -0.462 e. The molecule has 0 aromatic rings. The van der Waals surface area contributed by atoms with Crippen LogP contribution in [0.4, 0.5) is 0 Å². The van der Waals surface area contributed by atoms with Crippen molar-refractivity contribution in [3.63, 3.8) is 0 Å². The second kappa shape index (κ2) is 67.3. The topological polar surface area (TPSA) is 108 Å². The number of carbonyl (C=O) groups excluding carboxylic acids is 2. The number of ether oxygens (including phenoxy) is 2. The van der Waals surface area contributed by atoms with Crippen LogP contribution in [0.15, 0.2) is 146 Å². The fourth-order valence-corrected chi connectivity index (χ4v) is 10.2. The smallest absolute Gasteiger partial charge is 0.462 e. The van der Waals surface area contributed by atoms with Crippen LogP contribution in [-0.2, 0) is 32.7 Å². The summed E-state index contributed by atoms with van der Waals surface area (Å²) >= 11 is 0. The van der Waals surface area contributed by atoms with Crippen LogP contribution >= 0.6 is 7.82 Å². The van der Waals surface area contributed by atoms with Crippen LogP contribution < -0.4 is 0 Å². The van der Waals surface area contributed by atoms with Crippen molar-refractivity contribution in [1.29, 1.82) is 0 Å². The van der Waals surface area contributed by atoms with Gasteiger partial charge in [-0.3, -0.25) is 18.6 Å². The average Bonchev–Trinajstić information content (AvgIpc) is 3.68. The van der Waals surface area contributed by atoms with Crippen molar-refractivity contribution in [2.45, 2.75) is 290 Å². The molecule has 2 atom stereocenters. The predicted molar refractivity (Wildman–Crippen MR) is 380 cm³/mol. The molecule has 0 aliphatic rings. The second-order valence-electron chi connectivity index (χ2n) is 24.5. The first kappa shape index (κ1) is 83.9. The van der Waals surface area contributed by atoms with E-state index in [0.717, 1.165) is 128 Å². The lowest BCUT2D eigenvalue weighted by Gasteiger charge is -2.24. The quantitative estimate of drug-likeness (QED) is 0.0211. The highest BCUT2D eigenvalue weighted by Crippen LogP contribution is 2.43. The molecular formula is C78H133NO8P+. The van der Waals surface area contributed by atoms with Crippen molar-refractivity contribution in [1.82, 2.24) is 0 Å². The maximum Gasteiger partial charge on any atom is 0.472 e. The van der Waals surface area contributed by atoms with Crippen LogP contribution in [0.2, 0.25) is 0 Å². The first-order valence-corrected chi connectivity index (χ1v) is 37.1. The standard InChI is InChI=1S/C78H132NO8P/c1-6-8-10-12-14-16-18-20-22-24-26-28-30-32-34-35-36-37-38-39-40-41-42-43-45-47-49-51-53-55-57-59-61-63-65-67-69-71-78(81)87-76(75-86-88(82,83)85-73-72-79(3,4)5)74-84-77(80)70-68-66-64-62-60-58-56-54-52-50-48-46-44-33-31-29-27-25-23-21-19-17-15-13-11-9-7-2/h8-11,14-17,20-23,26-29,32-34,36-37,44,48,50,76H,6-7,12-13,18-19,24-25,30-31,35,38-43,45-47,49,51-75H2,1-5H3/p+1/b10-8-,11-9-,16-14-,17-15-,22-20-,23-21-,28-26-,29-27-,34-32-,37-36-,44-33-,50-48-. The van der Waals surface area contributed by atoms with E-state index in [1.54, 1.807) is 0 Å². The summed E-state index contributed by atoms with van der Waals surface area (Å²) in [6.45, 7) is 4.20. The van der Waals surface area contributed by atoms with Gasteiger partial charge in [0.05, 0.1) is 27.7 Å². The zero-order valence-corrected chi connectivity index (χ0v) is 58.1. The summed E-state index contributed by atoms with van der Waals surface area (Å²) in [6.07, 6.45) is 99.5. The number of esters is 2. The molecule has 0 rings (SSSR count). The van der Waals surface area contributed by atoms with Gasteiger partial charge in [0, 0.05) is 12.8 Å². The van der Waals surface area contributed by atoms with Crippen molar-refractivity contribution < 1.29 is 42.1 Å². The summed E-state index contributed by atoms with van der Waals surface area (Å²) in [5, 5.41) is 0. The van der Waals surface area contributed by atoms with E-state index in [1.165, 1.54) is 122 Å². The lowest BCUT2D eigenvalue weighted by Crippen LogP contribution is -2.37. The number of nitrogens with zero attached hydrogens (tertiary/aromatic N) is 1. The van der Waals surface area contributed by atoms with Crippen LogP contribution in [0.25, 0.3) is 0 Å². The molecule has 0 spiro atoms. The van der Waals surface area contributed by atoms with E-state index in [-0.39, 0.29) is 32.0 Å². The first-order valence-electron chi connectivity index (χ1n) is 35.6. The number of hydrogen-bond donors (Lipinski definition) is 1. The molecule has 0 radical (unpaired) electrons. The largest absolute Gasteiger partial charge is 0.472 e. The molecule has 0 aliphatic carbocycles. The van der Waals surface area contributed by atoms with Gasteiger partial charge in [-0.2, -0.15) is 0 Å². The molecule has 88 heavy (non-hydrogen) atoms. The summed E-state index contributed by atoms with van der Waals surface area (Å²) in [6, 6.07) is 0. The predicted octanol–water partition coefficient (Wildman–Crippen LogP) is 23.4. The minimum absolute atomic E-state index is 0.0247. The Balaban J connectivity index is 4.06. The van der Waals surface area contributed by atoms with Gasteiger partial charge in [0.25, 0.3) is 0 Å². The third-order valence-electron chi connectivity index (χ3n) is 14.9. The Kier molecular flexibility index (Phi) is 64.1. The molecule has 0 aromatic carbocycles. The van der Waals surface area contributed by atoms with Gasteiger partial charge >= 0.3 is 19.8 Å². The molecule has 0 bridgehead atoms. The Morgan fingerprint density at radius 3 is 0.909 bits per heavy atom. The van der Waals surface area contributed by atoms with E-state index in [4.69, 9.17) is 18.5 Å². The van der Waals surface area contributed by atoms with Crippen LogP contribution in [0.3, 0.4) is 0 Å². The number of carbonyl (C=O) groups is 2. The van der Waals surface area contributed by atoms with Gasteiger partial charge in [-0.1, -0.05) is 301 Å². The van der Waals surface area contributed by atoms with Crippen molar-refractivity contribution in [3.8, 4) is 0 Å². The number of likely N-dealkylation sites (N-methyl/N-ethyl adjacent to an activating group) is 1. The van der Waals surface area contributed by atoms with Gasteiger partial charge in [0.1, 0.15) is 19.8 Å². The number of phosphoric ester groups is 1. The lowest BCUT2D eigenvalue weighted by atomic mass is 10.0. The third-order valence-corrected chi connectivity index (χ3v) is 15.8. The van der Waals surface area contributed by atoms with Gasteiger partial charge in [0.15, 0.2) is 6.10 Å². The molecule has 0 heterocycles. The highest BCUT2D eigenvalue weighted by molar-refractivity contribution is 7.47. The molecule has 502 valence electrons. The Morgan fingerprint density at radius 2 is 0.614 bits per heavy atom. The molecule has 0 saturated heterocycles. The van der Waals surface area contributed by atoms with Crippen molar-refractivity contribution >= 4 is 19.8 Å². The van der Waals surface area contributed by atoms with E-state index < -0.39 is 26.5 Å². The Hall–Kier alpha value is -4.11. The average molecular weight is 1240 g/mol. The van der Waals surface area contributed by atoms with E-state index in [2.05, 4.69) is 160 Å². The molecule has 10 heteroatoms. The Bertz CT molecular complexity index is 2000. The highest BCUT2D eigenvalue weighted by Gasteiger charge is 2.27. The number of phosphoric acid groups is 1. The molecule has 2 unspecified atom stereocenters. The van der Waals surface area contributed by atoms with E-state index >= 15 is 0 Å². The van der Waals surface area contributed by atoms with Crippen LogP contribution in [-0.4, -0.2) is 74.9 Å². The molecular weight excluding hydrogens is 1110 g/mol. The van der Waals surface area contributed by atoms with E-state index in [0.29, 0.717) is 17.4 Å². The third kappa shape index (κ3) is 71.0. The summed E-state index contributed by atoms with van der Waals surface area (Å²) in [4.78, 5) is 35.9. The first-order chi connectivity index (χ1) is 43.0. The van der Waals surface area contributed by atoms with Crippen LogP contribution in [0, 0.1) is 0 Å². The lowest BCUT2D eigenvalue weighted by molar-refractivity contribution is -0.870. The number of quaternary nitrogens is 1. The zero-order chi connectivity index (χ0) is 64.1. The highest BCUT2D eigenvalue weighted by atomic mass is 31.2. The number of unbranched alkanes of at least 4 members (excludes halogenated alkanes) is 26. The molecule has 0 fully saturated rings. The zero-order valence-electron chi connectivity index (χ0n) is 57.2. The molecule has 0 amide bonds. The molecule has 0 aromatic heterocycles. The normalized spacial score (nSPS) is 14.0. The van der Waals surface area contributed by atoms with Crippen molar-refractivity contribution in [2.75, 3.05) is 47.5 Å². The summed E-state index contributed by atoms with van der Waals surface area (Å²) in [5.41, 5.74) is 0. The SMILES string of the molecule is CC/C=C\C/C=C\C/C=C\C/C=C\C/C=C\C/C=C\CCCCCCCCCCCCCCCCCCCCC(=O)OC(COC(=O)CCCCCCCCCC/C=C\C/C=C\C/C=C\C/C=C\C/C=C\C/C=C\CC)COP(=O)(O)OCC[N+](C)(C)C. The minimum atomic E-state index is -4.40. The van der Waals surface area contributed by atoms with Crippen molar-refractivity contribution in [2.24, 2.45) is 0 Å². The Labute approximate surface area is 542 Å². The number of allylic oxidation sites excluding steroid dienone is 24. The summed E-state index contributed by atoms with van der Waals surface area (Å²) in [7, 11) is 1.46. The van der Waals surface area contributed by atoms with Crippen LogP contribution in [0.5, 0.6) is 0 Å². The van der Waals surface area contributed by atoms with Gasteiger partial charge < -0.3 is 18.9 Å². The van der Waals surface area contributed by atoms with Gasteiger partial charge in [-0.05, 0) is 116 Å². The van der Waals surface area contributed by atoms with Gasteiger partial charge in [-0.25, -0.2) is 4.57 Å². The summed E-state index contributed by atoms with van der Waals surface area (Å²) < 4.78 is 34.7. The van der Waals surface area contributed by atoms with E-state index in [1.807, 2.05) is 21.1 Å². The van der Waals surface area contributed by atoms with E-state index in [9.17, 15) is 19.0 Å². The number of rotatable bonds is 64. The van der Waals surface area contributed by atoms with Gasteiger partial charge in [0.2, 0.25) is 0 Å². The fourth-order valence-electron chi connectivity index (χ4n) is 9.50. The van der Waals surface area contributed by atoms with Crippen molar-refractivity contribution in [3.05, 3.63) is 146 Å². The van der Waals surface area contributed by atoms with Crippen LogP contribution in [0.1, 0.15) is 284 Å². The fraction of sp³-hybridized carbons (Fsp3) is 0.667. The maximum absolute atomic E-state index is 12.9. The second-order valence-corrected chi connectivity index (χ2v) is 26.0.